The van der Waals surface area contributed by atoms with Crippen molar-refractivity contribution in [3.8, 4) is 11.3 Å². The van der Waals surface area contributed by atoms with Crippen molar-refractivity contribution < 1.29 is 14.3 Å². The summed E-state index contributed by atoms with van der Waals surface area (Å²) in [5.74, 6) is -0.197. The van der Waals surface area contributed by atoms with Crippen LogP contribution < -0.4 is 5.32 Å². The first kappa shape index (κ1) is 17.5. The highest BCUT2D eigenvalue weighted by molar-refractivity contribution is 7.14. The third kappa shape index (κ3) is 4.33. The van der Waals surface area contributed by atoms with Crippen LogP contribution in [0.4, 0.5) is 5.13 Å². The van der Waals surface area contributed by atoms with Gasteiger partial charge in [-0.3, -0.25) is 4.79 Å². The summed E-state index contributed by atoms with van der Waals surface area (Å²) < 4.78 is 11.9. The number of hydrogen-bond donors (Lipinski definition) is 1. The van der Waals surface area contributed by atoms with E-state index in [2.05, 4.69) is 27.9 Å². The molecule has 2 rings (SSSR count). The van der Waals surface area contributed by atoms with Gasteiger partial charge in [-0.15, -0.1) is 11.3 Å². The van der Waals surface area contributed by atoms with Gasteiger partial charge in [-0.25, -0.2) is 4.98 Å². The Morgan fingerprint density at radius 2 is 2.17 bits per heavy atom. The Kier molecular flexibility index (Phi) is 6.18. The van der Waals surface area contributed by atoms with E-state index in [1.807, 2.05) is 12.3 Å². The van der Waals surface area contributed by atoms with Gasteiger partial charge >= 0.3 is 5.97 Å². The number of thiazole rings is 1. The number of nitrogens with one attached hydrogen (secondary N) is 1. The third-order valence-corrected chi connectivity index (χ3v) is 4.50. The van der Waals surface area contributed by atoms with Crippen molar-refractivity contribution in [1.29, 1.82) is 0 Å². The fraction of sp³-hybridized carbons (Fsp3) is 0.500. The van der Waals surface area contributed by atoms with Gasteiger partial charge in [0, 0.05) is 42.5 Å². The van der Waals surface area contributed by atoms with Crippen LogP contribution in [0, 0.1) is 13.8 Å². The summed E-state index contributed by atoms with van der Waals surface area (Å²) in [6, 6.07) is 2.11. The maximum atomic E-state index is 11.3. The van der Waals surface area contributed by atoms with Gasteiger partial charge in [0.1, 0.15) is 0 Å². The zero-order valence-corrected chi connectivity index (χ0v) is 14.8. The number of ether oxygens (including phenoxy) is 2. The lowest BCUT2D eigenvalue weighted by Gasteiger charge is -2.08. The third-order valence-electron chi connectivity index (χ3n) is 3.70. The minimum atomic E-state index is -0.197. The molecule has 0 aromatic carbocycles. The molecule has 1 N–H and O–H groups in total. The van der Waals surface area contributed by atoms with E-state index in [0.29, 0.717) is 19.6 Å². The molecule has 0 spiro atoms. The molecular weight excluding hydrogens is 314 g/mol. The van der Waals surface area contributed by atoms with E-state index in [0.717, 1.165) is 34.3 Å². The van der Waals surface area contributed by atoms with Gasteiger partial charge in [0.2, 0.25) is 0 Å². The van der Waals surface area contributed by atoms with Gasteiger partial charge in [0.05, 0.1) is 25.8 Å². The van der Waals surface area contributed by atoms with Crippen molar-refractivity contribution in [1.82, 2.24) is 9.55 Å². The van der Waals surface area contributed by atoms with E-state index < -0.39 is 0 Å². The Morgan fingerprint density at radius 3 is 2.87 bits per heavy atom. The summed E-state index contributed by atoms with van der Waals surface area (Å²) in [7, 11) is 3.09. The molecule has 7 heteroatoms. The van der Waals surface area contributed by atoms with Gasteiger partial charge in [0.25, 0.3) is 0 Å². The molecule has 0 atom stereocenters. The first-order valence-electron chi connectivity index (χ1n) is 7.49. The summed E-state index contributed by atoms with van der Waals surface area (Å²) in [6.07, 6.45) is 0.368. The molecule has 0 aliphatic rings. The molecule has 0 unspecified atom stereocenters. The minimum absolute atomic E-state index is 0.197. The molecule has 0 fully saturated rings. The summed E-state index contributed by atoms with van der Waals surface area (Å²) in [6.45, 7) is 6.10. The average molecular weight is 337 g/mol. The zero-order chi connectivity index (χ0) is 16.8. The fourth-order valence-electron chi connectivity index (χ4n) is 2.45. The van der Waals surface area contributed by atoms with Gasteiger partial charge in [-0.1, -0.05) is 0 Å². The largest absolute Gasteiger partial charge is 0.469 e. The Hall–Kier alpha value is -1.86. The van der Waals surface area contributed by atoms with Gasteiger partial charge in [0.15, 0.2) is 5.13 Å². The number of nitrogens with zero attached hydrogens (tertiary/aromatic N) is 2. The van der Waals surface area contributed by atoms with E-state index in [1.54, 1.807) is 18.4 Å². The lowest BCUT2D eigenvalue weighted by Crippen LogP contribution is -2.09. The topological polar surface area (TPSA) is 65.4 Å². The summed E-state index contributed by atoms with van der Waals surface area (Å²) >= 11 is 1.58. The minimum Gasteiger partial charge on any atom is -0.469 e. The lowest BCUT2D eigenvalue weighted by molar-refractivity contribution is -0.140. The van der Waals surface area contributed by atoms with Crippen molar-refractivity contribution in [2.75, 3.05) is 32.7 Å². The maximum absolute atomic E-state index is 11.3. The second-order valence-electron chi connectivity index (χ2n) is 5.22. The summed E-state index contributed by atoms with van der Waals surface area (Å²) in [5, 5.41) is 6.17. The standard InChI is InChI=1S/C16H23N3O3S/c1-11-9-13(12(2)19(11)7-5-15(20)22-4)14-10-23-16(18-14)17-6-8-21-3/h9-10H,5-8H2,1-4H3,(H,17,18). The number of carbonyl (C=O) groups is 1. The highest BCUT2D eigenvalue weighted by Gasteiger charge is 2.14. The molecule has 2 aromatic rings. The molecule has 2 aromatic heterocycles. The molecule has 0 aliphatic heterocycles. The average Bonchev–Trinajstić information content (AvgIpc) is 3.11. The van der Waals surface area contributed by atoms with E-state index in [-0.39, 0.29) is 5.97 Å². The SMILES string of the molecule is COCCNc1nc(-c2cc(C)n(CCC(=O)OC)c2C)cs1. The van der Waals surface area contributed by atoms with Crippen molar-refractivity contribution in [3.63, 3.8) is 0 Å². The number of esters is 1. The normalized spacial score (nSPS) is 10.8. The molecular formula is C16H23N3O3S. The van der Waals surface area contributed by atoms with Crippen LogP contribution in [0.3, 0.4) is 0 Å². The van der Waals surface area contributed by atoms with Crippen molar-refractivity contribution in [2.24, 2.45) is 0 Å². The van der Waals surface area contributed by atoms with E-state index in [9.17, 15) is 4.79 Å². The first-order chi connectivity index (χ1) is 11.1. The van der Waals surface area contributed by atoms with Crippen molar-refractivity contribution in [2.45, 2.75) is 26.8 Å². The molecule has 126 valence electrons. The predicted octanol–water partition coefficient (Wildman–Crippen LogP) is 2.85. The van der Waals surface area contributed by atoms with E-state index in [1.165, 1.54) is 7.11 Å². The molecule has 0 saturated heterocycles. The Morgan fingerprint density at radius 1 is 1.39 bits per heavy atom. The predicted molar refractivity (Wildman–Crippen MR) is 92.0 cm³/mol. The number of rotatable bonds is 8. The number of hydrogen-bond acceptors (Lipinski definition) is 6. The molecule has 2 heterocycles. The number of aryl methyl sites for hydroxylation is 1. The Bertz CT molecular complexity index is 664. The summed E-state index contributed by atoms with van der Waals surface area (Å²) in [5.41, 5.74) is 4.28. The second-order valence-corrected chi connectivity index (χ2v) is 6.08. The van der Waals surface area contributed by atoms with Crippen LogP contribution in [0.2, 0.25) is 0 Å². The van der Waals surface area contributed by atoms with Crippen LogP contribution in [0.1, 0.15) is 17.8 Å². The second kappa shape index (κ2) is 8.12. The molecule has 6 nitrogen and oxygen atoms in total. The smallest absolute Gasteiger partial charge is 0.307 e. The van der Waals surface area contributed by atoms with Gasteiger partial charge in [-0.2, -0.15) is 0 Å². The van der Waals surface area contributed by atoms with Crippen molar-refractivity contribution >= 4 is 22.4 Å². The lowest BCUT2D eigenvalue weighted by atomic mass is 10.2. The highest BCUT2D eigenvalue weighted by atomic mass is 32.1. The number of anilines is 1. The molecule has 0 radical (unpaired) electrons. The maximum Gasteiger partial charge on any atom is 0.307 e. The van der Waals surface area contributed by atoms with Crippen LogP contribution in [0.15, 0.2) is 11.4 Å². The molecule has 0 amide bonds. The highest BCUT2D eigenvalue weighted by Crippen LogP contribution is 2.30. The number of carbonyl (C=O) groups excluding carboxylic acids is 1. The zero-order valence-electron chi connectivity index (χ0n) is 14.0. The van der Waals surface area contributed by atoms with E-state index >= 15 is 0 Å². The van der Waals surface area contributed by atoms with E-state index in [4.69, 9.17) is 9.47 Å². The molecule has 23 heavy (non-hydrogen) atoms. The summed E-state index contributed by atoms with van der Waals surface area (Å²) in [4.78, 5) is 16.0. The van der Waals surface area contributed by atoms with Crippen LogP contribution in [0.5, 0.6) is 0 Å². The van der Waals surface area contributed by atoms with Crippen LogP contribution in [0.25, 0.3) is 11.3 Å². The molecule has 0 bridgehead atoms. The number of aromatic nitrogens is 2. The fourth-order valence-corrected chi connectivity index (χ4v) is 3.19. The van der Waals surface area contributed by atoms with Crippen LogP contribution in [-0.2, 0) is 20.8 Å². The Balaban J connectivity index is 2.12. The molecule has 0 aliphatic carbocycles. The van der Waals surface area contributed by atoms with Gasteiger partial charge in [-0.05, 0) is 19.9 Å². The number of methoxy groups -OCH3 is 2. The Labute approximate surface area is 140 Å². The van der Waals surface area contributed by atoms with Crippen molar-refractivity contribution in [3.05, 3.63) is 22.8 Å². The van der Waals surface area contributed by atoms with Crippen LogP contribution in [-0.4, -0.2) is 42.9 Å². The quantitative estimate of drug-likeness (QED) is 0.593. The first-order valence-corrected chi connectivity index (χ1v) is 8.37. The van der Waals surface area contributed by atoms with Gasteiger partial charge < -0.3 is 19.4 Å². The van der Waals surface area contributed by atoms with Crippen LogP contribution >= 0.6 is 11.3 Å². The monoisotopic (exact) mass is 337 g/mol. The molecule has 0 saturated carbocycles.